The summed E-state index contributed by atoms with van der Waals surface area (Å²) in [7, 11) is 1.94. The third-order valence-corrected chi connectivity index (χ3v) is 1.68. The molecule has 1 atom stereocenters. The molecule has 0 fully saturated rings. The smallest absolute Gasteiger partial charge is 0.133 e. The summed E-state index contributed by atoms with van der Waals surface area (Å²) >= 11 is 0. The fraction of sp³-hybridized carbons (Fsp3) is 0.667. The van der Waals surface area contributed by atoms with Gasteiger partial charge in [-0.05, 0) is 20.9 Å². The Morgan fingerprint density at radius 1 is 1.69 bits per heavy atom. The molecule has 0 aliphatic heterocycles. The van der Waals surface area contributed by atoms with Crippen molar-refractivity contribution in [3.8, 4) is 0 Å². The van der Waals surface area contributed by atoms with E-state index in [0.717, 1.165) is 11.5 Å². The highest BCUT2D eigenvalue weighted by molar-refractivity contribution is 5.02. The number of aryl methyl sites for hydroxylation is 1. The first-order valence-corrected chi connectivity index (χ1v) is 4.36. The minimum atomic E-state index is -0.307. The van der Waals surface area contributed by atoms with E-state index in [4.69, 9.17) is 9.63 Å². The van der Waals surface area contributed by atoms with Crippen LogP contribution in [0.3, 0.4) is 0 Å². The van der Waals surface area contributed by atoms with E-state index < -0.39 is 0 Å². The monoisotopic (exact) mass is 184 g/mol. The van der Waals surface area contributed by atoms with E-state index in [-0.39, 0.29) is 6.10 Å². The molecule has 0 radical (unpaired) electrons. The molecule has 0 aromatic carbocycles. The quantitative estimate of drug-likeness (QED) is 0.751. The highest BCUT2D eigenvalue weighted by Gasteiger charge is 2.06. The van der Waals surface area contributed by atoms with Gasteiger partial charge in [0.15, 0.2) is 0 Å². The second kappa shape index (κ2) is 4.39. The van der Waals surface area contributed by atoms with Gasteiger partial charge in [-0.1, -0.05) is 5.16 Å². The predicted octanol–water partition coefficient (Wildman–Crippen LogP) is 0.796. The Balaban J connectivity index is 2.40. The standard InChI is InChI=1S/C9H16N2O2/c1-7(12)5-11(3)6-9-4-8(2)13-10-9/h4,7,12H,5-6H2,1-3H3. The molecule has 0 spiro atoms. The van der Waals surface area contributed by atoms with Crippen LogP contribution in [0.5, 0.6) is 0 Å². The molecule has 1 unspecified atom stereocenters. The SMILES string of the molecule is Cc1cc(CN(C)CC(C)O)no1. The molecule has 1 aromatic heterocycles. The zero-order chi connectivity index (χ0) is 9.84. The maximum Gasteiger partial charge on any atom is 0.133 e. The van der Waals surface area contributed by atoms with E-state index in [0.29, 0.717) is 13.1 Å². The van der Waals surface area contributed by atoms with E-state index in [9.17, 15) is 0 Å². The van der Waals surface area contributed by atoms with Crippen molar-refractivity contribution in [3.63, 3.8) is 0 Å². The van der Waals surface area contributed by atoms with Crippen LogP contribution >= 0.6 is 0 Å². The van der Waals surface area contributed by atoms with Gasteiger partial charge in [-0.3, -0.25) is 4.90 Å². The predicted molar refractivity (Wildman–Crippen MR) is 49.3 cm³/mol. The van der Waals surface area contributed by atoms with Crippen LogP contribution in [0.1, 0.15) is 18.4 Å². The van der Waals surface area contributed by atoms with Crippen molar-refractivity contribution < 1.29 is 9.63 Å². The Kier molecular flexibility index (Phi) is 3.45. The van der Waals surface area contributed by atoms with Gasteiger partial charge in [-0.15, -0.1) is 0 Å². The number of aliphatic hydroxyl groups is 1. The van der Waals surface area contributed by atoms with Crippen LogP contribution < -0.4 is 0 Å². The maximum absolute atomic E-state index is 9.12. The van der Waals surface area contributed by atoms with Gasteiger partial charge in [0.25, 0.3) is 0 Å². The number of aliphatic hydroxyl groups excluding tert-OH is 1. The average molecular weight is 184 g/mol. The molecule has 0 amide bonds. The molecule has 13 heavy (non-hydrogen) atoms. The van der Waals surface area contributed by atoms with E-state index in [1.165, 1.54) is 0 Å². The fourth-order valence-corrected chi connectivity index (χ4v) is 1.28. The molecule has 4 heteroatoms. The first-order valence-electron chi connectivity index (χ1n) is 4.36. The lowest BCUT2D eigenvalue weighted by Gasteiger charge is -2.16. The minimum Gasteiger partial charge on any atom is -0.392 e. The molecule has 0 bridgehead atoms. The van der Waals surface area contributed by atoms with E-state index in [1.807, 2.05) is 24.9 Å². The largest absolute Gasteiger partial charge is 0.392 e. The van der Waals surface area contributed by atoms with Crippen molar-refractivity contribution in [3.05, 3.63) is 17.5 Å². The molecule has 1 aromatic rings. The molecule has 0 aliphatic carbocycles. The van der Waals surface area contributed by atoms with Crippen LogP contribution in [-0.2, 0) is 6.54 Å². The van der Waals surface area contributed by atoms with Crippen molar-refractivity contribution in [2.24, 2.45) is 0 Å². The normalized spacial score (nSPS) is 13.6. The van der Waals surface area contributed by atoms with Gasteiger partial charge in [0, 0.05) is 19.2 Å². The molecule has 1 N–H and O–H groups in total. The summed E-state index contributed by atoms with van der Waals surface area (Å²) in [5, 5.41) is 13.0. The van der Waals surface area contributed by atoms with Gasteiger partial charge in [0.05, 0.1) is 11.8 Å². The summed E-state index contributed by atoms with van der Waals surface area (Å²) in [6.07, 6.45) is -0.307. The molecule has 0 aliphatic rings. The summed E-state index contributed by atoms with van der Waals surface area (Å²) in [6, 6.07) is 1.90. The molecular formula is C9H16N2O2. The summed E-state index contributed by atoms with van der Waals surface area (Å²) in [4.78, 5) is 2.00. The number of hydrogen-bond donors (Lipinski definition) is 1. The summed E-state index contributed by atoms with van der Waals surface area (Å²) in [5.74, 6) is 0.820. The van der Waals surface area contributed by atoms with Crippen molar-refractivity contribution in [1.29, 1.82) is 0 Å². The molecule has 0 saturated heterocycles. The van der Waals surface area contributed by atoms with Gasteiger partial charge < -0.3 is 9.63 Å². The van der Waals surface area contributed by atoms with E-state index in [2.05, 4.69) is 5.16 Å². The van der Waals surface area contributed by atoms with Gasteiger partial charge >= 0.3 is 0 Å². The molecule has 4 nitrogen and oxygen atoms in total. The zero-order valence-electron chi connectivity index (χ0n) is 8.32. The Labute approximate surface area is 78.1 Å². The van der Waals surface area contributed by atoms with E-state index in [1.54, 1.807) is 6.92 Å². The lowest BCUT2D eigenvalue weighted by Crippen LogP contribution is -2.26. The van der Waals surface area contributed by atoms with Crippen LogP contribution in [0.4, 0.5) is 0 Å². The number of aromatic nitrogens is 1. The maximum atomic E-state index is 9.12. The number of rotatable bonds is 4. The molecule has 1 heterocycles. The Bertz CT molecular complexity index is 258. The topological polar surface area (TPSA) is 49.5 Å². The lowest BCUT2D eigenvalue weighted by atomic mass is 10.3. The van der Waals surface area contributed by atoms with Crippen LogP contribution in [0.15, 0.2) is 10.6 Å². The molecule has 1 rings (SSSR count). The Hall–Kier alpha value is -0.870. The zero-order valence-corrected chi connectivity index (χ0v) is 8.32. The second-order valence-electron chi connectivity index (χ2n) is 3.47. The molecular weight excluding hydrogens is 168 g/mol. The van der Waals surface area contributed by atoms with Crippen molar-refractivity contribution in [2.75, 3.05) is 13.6 Å². The van der Waals surface area contributed by atoms with Crippen molar-refractivity contribution in [2.45, 2.75) is 26.5 Å². The van der Waals surface area contributed by atoms with Crippen LogP contribution in [0.2, 0.25) is 0 Å². The highest BCUT2D eigenvalue weighted by Crippen LogP contribution is 2.04. The Morgan fingerprint density at radius 3 is 2.85 bits per heavy atom. The minimum absolute atomic E-state index is 0.307. The number of likely N-dealkylation sites (N-methyl/N-ethyl adjacent to an activating group) is 1. The van der Waals surface area contributed by atoms with Crippen LogP contribution in [0, 0.1) is 6.92 Å². The third-order valence-electron chi connectivity index (χ3n) is 1.68. The molecule has 0 saturated carbocycles. The van der Waals surface area contributed by atoms with Gasteiger partial charge in [0.2, 0.25) is 0 Å². The van der Waals surface area contributed by atoms with Crippen molar-refractivity contribution in [1.82, 2.24) is 10.1 Å². The van der Waals surface area contributed by atoms with E-state index >= 15 is 0 Å². The summed E-state index contributed by atoms with van der Waals surface area (Å²) < 4.78 is 4.93. The third kappa shape index (κ3) is 3.57. The lowest BCUT2D eigenvalue weighted by molar-refractivity contribution is 0.137. The van der Waals surface area contributed by atoms with Crippen LogP contribution in [0.25, 0.3) is 0 Å². The number of nitrogens with zero attached hydrogens (tertiary/aromatic N) is 2. The molecule has 74 valence electrons. The number of hydrogen-bond acceptors (Lipinski definition) is 4. The average Bonchev–Trinajstić information content (AvgIpc) is 2.33. The van der Waals surface area contributed by atoms with Gasteiger partial charge in [0.1, 0.15) is 5.76 Å². The first kappa shape index (κ1) is 10.2. The van der Waals surface area contributed by atoms with Gasteiger partial charge in [-0.2, -0.15) is 0 Å². The van der Waals surface area contributed by atoms with Gasteiger partial charge in [-0.25, -0.2) is 0 Å². The second-order valence-corrected chi connectivity index (χ2v) is 3.47. The highest BCUT2D eigenvalue weighted by atomic mass is 16.5. The van der Waals surface area contributed by atoms with Crippen LogP contribution in [-0.4, -0.2) is 34.9 Å². The summed E-state index contributed by atoms with van der Waals surface area (Å²) in [6.45, 7) is 4.99. The summed E-state index contributed by atoms with van der Waals surface area (Å²) in [5.41, 5.74) is 0.903. The fourth-order valence-electron chi connectivity index (χ4n) is 1.28. The first-order chi connectivity index (χ1) is 6.08. The van der Waals surface area contributed by atoms with Crippen molar-refractivity contribution >= 4 is 0 Å². The Morgan fingerprint density at radius 2 is 2.38 bits per heavy atom.